The number of nitrogens with zero attached hydrogens (tertiary/aromatic N) is 4. The van der Waals surface area contributed by atoms with E-state index < -0.39 is 10.0 Å². The van der Waals surface area contributed by atoms with E-state index in [4.69, 9.17) is 19.9 Å². The number of hydrogen-bond acceptors (Lipinski definition) is 9. The summed E-state index contributed by atoms with van der Waals surface area (Å²) in [5, 5.41) is 0.669. The van der Waals surface area contributed by atoms with Crippen molar-refractivity contribution in [2.75, 3.05) is 63.4 Å². The van der Waals surface area contributed by atoms with Gasteiger partial charge >= 0.3 is 0 Å². The van der Waals surface area contributed by atoms with Crippen LogP contribution in [0.3, 0.4) is 0 Å². The Balaban J connectivity index is 1.73. The first-order chi connectivity index (χ1) is 14.2. The Hall–Kier alpha value is -2.37. The summed E-state index contributed by atoms with van der Waals surface area (Å²) in [6, 6.07) is 3.50. The van der Waals surface area contributed by atoms with E-state index in [9.17, 15) is 8.42 Å². The van der Waals surface area contributed by atoms with E-state index in [0.717, 1.165) is 0 Å². The summed E-state index contributed by atoms with van der Waals surface area (Å²) in [7, 11) is -0.249. The van der Waals surface area contributed by atoms with Gasteiger partial charge in [-0.05, 0) is 19.9 Å². The topological polar surface area (TPSA) is 120 Å². The van der Waals surface area contributed by atoms with E-state index in [1.807, 2.05) is 18.7 Å². The van der Waals surface area contributed by atoms with Crippen LogP contribution in [0.5, 0.6) is 11.5 Å². The number of methoxy groups -OCH3 is 2. The molecule has 1 aromatic heterocycles. The Morgan fingerprint density at radius 2 is 1.70 bits per heavy atom. The van der Waals surface area contributed by atoms with E-state index >= 15 is 0 Å². The standard InChI is InChI=1S/C19H29N5O5S/c1-13(2)29-9-10-30(25,26)24-7-5-23(6-8-24)19-21-15-12-17(28-4)16(27-3)11-14(15)18(20)22-19/h11-13H,5-10H2,1-4H3,(H2,20,21,22). The number of nitrogen functional groups attached to an aromatic ring is 1. The molecule has 0 unspecified atom stereocenters. The Kier molecular flexibility index (Phi) is 6.84. The second kappa shape index (κ2) is 9.19. The molecule has 0 spiro atoms. The van der Waals surface area contributed by atoms with E-state index in [1.54, 1.807) is 26.4 Å². The number of ether oxygens (including phenoxy) is 3. The number of fused-ring (bicyclic) bond motifs is 1. The van der Waals surface area contributed by atoms with Crippen LogP contribution in [0.4, 0.5) is 11.8 Å². The number of piperazine rings is 1. The summed E-state index contributed by atoms with van der Waals surface area (Å²) in [6.45, 7) is 5.62. The van der Waals surface area contributed by atoms with Crippen LogP contribution in [0, 0.1) is 0 Å². The second-order valence-electron chi connectivity index (χ2n) is 7.25. The minimum absolute atomic E-state index is 0.00569. The average molecular weight is 440 g/mol. The maximum Gasteiger partial charge on any atom is 0.227 e. The van der Waals surface area contributed by atoms with Crippen LogP contribution in [0.1, 0.15) is 13.8 Å². The van der Waals surface area contributed by atoms with Crippen LogP contribution in [0.2, 0.25) is 0 Å². The van der Waals surface area contributed by atoms with Crippen LogP contribution in [0.15, 0.2) is 12.1 Å². The molecule has 10 nitrogen and oxygen atoms in total. The molecule has 0 aliphatic carbocycles. The third-order valence-electron chi connectivity index (χ3n) is 4.93. The fourth-order valence-corrected chi connectivity index (χ4v) is 4.58. The van der Waals surface area contributed by atoms with Crippen molar-refractivity contribution >= 4 is 32.7 Å². The van der Waals surface area contributed by atoms with Gasteiger partial charge in [0.25, 0.3) is 0 Å². The third kappa shape index (κ3) is 4.85. The molecule has 1 aliphatic heterocycles. The monoisotopic (exact) mass is 439 g/mol. The zero-order valence-corrected chi connectivity index (χ0v) is 18.6. The number of hydrogen-bond donors (Lipinski definition) is 1. The van der Waals surface area contributed by atoms with Crippen molar-refractivity contribution in [2.24, 2.45) is 0 Å². The first kappa shape index (κ1) is 22.3. The summed E-state index contributed by atoms with van der Waals surface area (Å²) < 4.78 is 42.6. The van der Waals surface area contributed by atoms with Gasteiger partial charge in [0.05, 0.1) is 38.2 Å². The lowest BCUT2D eigenvalue weighted by atomic mass is 10.2. The van der Waals surface area contributed by atoms with Crippen LogP contribution in [-0.4, -0.2) is 81.6 Å². The van der Waals surface area contributed by atoms with Crippen LogP contribution < -0.4 is 20.1 Å². The molecule has 2 aromatic rings. The van der Waals surface area contributed by atoms with Crippen molar-refractivity contribution in [1.29, 1.82) is 0 Å². The third-order valence-corrected chi connectivity index (χ3v) is 6.76. The number of benzene rings is 1. The highest BCUT2D eigenvalue weighted by Gasteiger charge is 2.28. The molecule has 1 fully saturated rings. The summed E-state index contributed by atoms with van der Waals surface area (Å²) >= 11 is 0. The quantitative estimate of drug-likeness (QED) is 0.645. The minimum Gasteiger partial charge on any atom is -0.493 e. The van der Waals surface area contributed by atoms with E-state index in [1.165, 1.54) is 4.31 Å². The lowest BCUT2D eigenvalue weighted by Crippen LogP contribution is -2.50. The molecule has 30 heavy (non-hydrogen) atoms. The Bertz CT molecular complexity index is 990. The highest BCUT2D eigenvalue weighted by atomic mass is 32.2. The molecule has 2 N–H and O–H groups in total. The molecule has 3 rings (SSSR count). The van der Waals surface area contributed by atoms with Gasteiger partial charge in [0.2, 0.25) is 16.0 Å². The van der Waals surface area contributed by atoms with E-state index in [-0.39, 0.29) is 18.5 Å². The van der Waals surface area contributed by atoms with Gasteiger partial charge in [-0.15, -0.1) is 0 Å². The van der Waals surface area contributed by atoms with Crippen molar-refractivity contribution in [3.63, 3.8) is 0 Å². The lowest BCUT2D eigenvalue weighted by molar-refractivity contribution is 0.0906. The predicted octanol–water partition coefficient (Wildman–Crippen LogP) is 1.11. The molecule has 1 aromatic carbocycles. The Morgan fingerprint density at radius 3 is 2.30 bits per heavy atom. The fraction of sp³-hybridized carbons (Fsp3) is 0.579. The second-order valence-corrected chi connectivity index (χ2v) is 9.34. The first-order valence-electron chi connectivity index (χ1n) is 9.78. The van der Waals surface area contributed by atoms with Crippen molar-refractivity contribution < 1.29 is 22.6 Å². The number of nitrogens with two attached hydrogens (primary N) is 1. The molecule has 166 valence electrons. The summed E-state index contributed by atoms with van der Waals surface area (Å²) in [4.78, 5) is 11.0. The van der Waals surface area contributed by atoms with Gasteiger partial charge in [-0.25, -0.2) is 13.4 Å². The molecule has 0 saturated carbocycles. The zero-order valence-electron chi connectivity index (χ0n) is 17.8. The van der Waals surface area contributed by atoms with Gasteiger partial charge in [-0.2, -0.15) is 9.29 Å². The van der Waals surface area contributed by atoms with Crippen molar-refractivity contribution in [2.45, 2.75) is 20.0 Å². The normalized spacial score (nSPS) is 15.7. The van der Waals surface area contributed by atoms with Crippen LogP contribution in [-0.2, 0) is 14.8 Å². The summed E-state index contributed by atoms with van der Waals surface area (Å²) in [5.41, 5.74) is 6.80. The van der Waals surface area contributed by atoms with Crippen LogP contribution in [0.25, 0.3) is 10.9 Å². The molecular weight excluding hydrogens is 410 g/mol. The molecule has 0 bridgehead atoms. The van der Waals surface area contributed by atoms with Gasteiger partial charge in [0.15, 0.2) is 11.5 Å². The van der Waals surface area contributed by atoms with Gasteiger partial charge in [0, 0.05) is 37.6 Å². The molecule has 2 heterocycles. The van der Waals surface area contributed by atoms with Crippen LogP contribution >= 0.6 is 0 Å². The van der Waals surface area contributed by atoms with Gasteiger partial charge in [0.1, 0.15) is 5.82 Å². The molecule has 0 atom stereocenters. The molecule has 1 saturated heterocycles. The number of anilines is 2. The predicted molar refractivity (Wildman–Crippen MR) is 116 cm³/mol. The highest BCUT2D eigenvalue weighted by molar-refractivity contribution is 7.89. The smallest absolute Gasteiger partial charge is 0.227 e. The van der Waals surface area contributed by atoms with E-state index in [2.05, 4.69) is 9.97 Å². The van der Waals surface area contributed by atoms with Gasteiger partial charge in [-0.1, -0.05) is 0 Å². The Labute approximate surface area is 177 Å². The van der Waals surface area contributed by atoms with E-state index in [0.29, 0.717) is 60.3 Å². The maximum atomic E-state index is 12.5. The maximum absolute atomic E-state index is 12.5. The zero-order chi connectivity index (χ0) is 21.9. The largest absolute Gasteiger partial charge is 0.493 e. The lowest BCUT2D eigenvalue weighted by Gasteiger charge is -2.34. The molecule has 0 radical (unpaired) electrons. The number of aromatic nitrogens is 2. The van der Waals surface area contributed by atoms with Gasteiger partial charge < -0.3 is 24.8 Å². The Morgan fingerprint density at radius 1 is 1.07 bits per heavy atom. The minimum atomic E-state index is -3.36. The highest BCUT2D eigenvalue weighted by Crippen LogP contribution is 2.34. The van der Waals surface area contributed by atoms with Crippen molar-refractivity contribution in [3.8, 4) is 11.5 Å². The number of rotatable bonds is 8. The first-order valence-corrected chi connectivity index (χ1v) is 11.4. The number of sulfonamides is 1. The SMILES string of the molecule is COc1cc2nc(N3CCN(S(=O)(=O)CCOC(C)C)CC3)nc(N)c2cc1OC. The van der Waals surface area contributed by atoms with Crippen molar-refractivity contribution in [1.82, 2.24) is 14.3 Å². The summed E-state index contributed by atoms with van der Waals surface area (Å²) in [5.74, 6) is 1.87. The van der Waals surface area contributed by atoms with Crippen molar-refractivity contribution in [3.05, 3.63) is 12.1 Å². The average Bonchev–Trinajstić information content (AvgIpc) is 2.72. The molecular formula is C19H29N5O5S. The molecule has 11 heteroatoms. The van der Waals surface area contributed by atoms with Gasteiger partial charge in [-0.3, -0.25) is 0 Å². The molecule has 1 aliphatic rings. The molecule has 0 amide bonds. The summed E-state index contributed by atoms with van der Waals surface area (Å²) in [6.07, 6.45) is 0.00569. The fourth-order valence-electron chi connectivity index (χ4n) is 3.29.